The molecule has 2 aromatic carbocycles. The van der Waals surface area contributed by atoms with Crippen LogP contribution in [0.25, 0.3) is 22.3 Å². The number of carbonyl (C=O) groups is 1. The molecule has 0 atom stereocenters. The normalized spacial score (nSPS) is 14.5. The van der Waals surface area contributed by atoms with Crippen LogP contribution in [-0.2, 0) is 0 Å². The smallest absolute Gasteiger partial charge is 0.251 e. The van der Waals surface area contributed by atoms with Gasteiger partial charge in [0.15, 0.2) is 5.82 Å². The van der Waals surface area contributed by atoms with E-state index in [1.165, 1.54) is 25.3 Å². The Morgan fingerprint density at radius 3 is 2.62 bits per heavy atom. The second-order valence-corrected chi connectivity index (χ2v) is 8.72. The van der Waals surface area contributed by atoms with Gasteiger partial charge in [-0.15, -0.1) is 0 Å². The number of hydrogen-bond donors (Lipinski definition) is 1. The number of hydrogen-bond acceptors (Lipinski definition) is 5. The van der Waals surface area contributed by atoms with Crippen LogP contribution >= 0.6 is 11.6 Å². The van der Waals surface area contributed by atoms with Gasteiger partial charge in [-0.25, -0.2) is 14.4 Å². The molecular weight excluding hydrogens is 429 g/mol. The molecule has 0 aliphatic carbocycles. The van der Waals surface area contributed by atoms with E-state index in [-0.39, 0.29) is 22.9 Å². The van der Waals surface area contributed by atoms with E-state index < -0.39 is 5.82 Å². The Labute approximate surface area is 192 Å². The number of aromatic nitrogens is 2. The fourth-order valence-corrected chi connectivity index (χ4v) is 4.17. The molecule has 168 valence electrons. The average molecular weight is 456 g/mol. The first-order valence-corrected chi connectivity index (χ1v) is 11.3. The second-order valence-electron chi connectivity index (χ2n) is 8.28. The molecule has 1 saturated heterocycles. The maximum atomic E-state index is 15.0. The molecule has 4 rings (SSSR count). The number of nitrogens with zero attached hydrogens (tertiary/aromatic N) is 4. The van der Waals surface area contributed by atoms with E-state index in [0.29, 0.717) is 22.9 Å². The van der Waals surface area contributed by atoms with Crippen LogP contribution in [0.5, 0.6) is 0 Å². The molecule has 1 N–H and O–H groups in total. The van der Waals surface area contributed by atoms with Gasteiger partial charge in [0.1, 0.15) is 11.6 Å². The summed E-state index contributed by atoms with van der Waals surface area (Å²) in [5, 5.41) is 4.26. The third-order valence-electron chi connectivity index (χ3n) is 5.70. The van der Waals surface area contributed by atoms with Gasteiger partial charge >= 0.3 is 0 Å². The Bertz CT molecular complexity index is 1130. The molecule has 1 fully saturated rings. The molecule has 0 radical (unpaired) electrons. The molecule has 0 spiro atoms. The third-order valence-corrected chi connectivity index (χ3v) is 5.93. The Balaban J connectivity index is 1.53. The number of amides is 1. The number of piperidine rings is 1. The molecule has 3 aromatic rings. The van der Waals surface area contributed by atoms with E-state index in [0.717, 1.165) is 25.0 Å². The Hall–Kier alpha value is -2.77. The molecule has 0 saturated carbocycles. The highest BCUT2D eigenvalue weighted by atomic mass is 35.5. The summed E-state index contributed by atoms with van der Waals surface area (Å²) in [5.74, 6) is 0.0896. The Morgan fingerprint density at radius 2 is 1.91 bits per heavy atom. The minimum Gasteiger partial charge on any atom is -0.362 e. The Kier molecular flexibility index (Phi) is 6.86. The van der Waals surface area contributed by atoms with E-state index in [9.17, 15) is 4.79 Å². The van der Waals surface area contributed by atoms with Gasteiger partial charge in [0, 0.05) is 43.2 Å². The first kappa shape index (κ1) is 22.4. The predicted octanol–water partition coefficient (Wildman–Crippen LogP) is 4.37. The third kappa shape index (κ3) is 5.00. The van der Waals surface area contributed by atoms with Gasteiger partial charge in [-0.2, -0.15) is 0 Å². The minimum absolute atomic E-state index is 0.245. The SMILES string of the molecule is CN(C)c1nc(-c2ccc(C(=O)NCCN3CCCCC3)cc2F)nc2ccc(Cl)cc12. The van der Waals surface area contributed by atoms with Crippen molar-refractivity contribution >= 4 is 34.2 Å². The molecule has 32 heavy (non-hydrogen) atoms. The van der Waals surface area contributed by atoms with Gasteiger partial charge in [0.05, 0.1) is 11.1 Å². The summed E-state index contributed by atoms with van der Waals surface area (Å²) in [6, 6.07) is 9.75. The zero-order valence-electron chi connectivity index (χ0n) is 18.4. The van der Waals surface area contributed by atoms with E-state index in [4.69, 9.17) is 11.6 Å². The Morgan fingerprint density at radius 1 is 1.12 bits per heavy atom. The molecule has 8 heteroatoms. The van der Waals surface area contributed by atoms with Crippen molar-refractivity contribution in [2.24, 2.45) is 0 Å². The highest BCUT2D eigenvalue weighted by Gasteiger charge is 2.17. The van der Waals surface area contributed by atoms with E-state index in [1.54, 1.807) is 30.3 Å². The van der Waals surface area contributed by atoms with Crippen LogP contribution in [-0.4, -0.2) is 61.0 Å². The van der Waals surface area contributed by atoms with Crippen LogP contribution in [0.2, 0.25) is 5.02 Å². The zero-order valence-corrected chi connectivity index (χ0v) is 19.1. The highest BCUT2D eigenvalue weighted by Crippen LogP contribution is 2.30. The summed E-state index contributed by atoms with van der Waals surface area (Å²) < 4.78 is 15.0. The van der Waals surface area contributed by atoms with Crippen LogP contribution in [0.1, 0.15) is 29.6 Å². The van der Waals surface area contributed by atoms with Crippen molar-refractivity contribution in [1.29, 1.82) is 0 Å². The monoisotopic (exact) mass is 455 g/mol. The van der Waals surface area contributed by atoms with Gasteiger partial charge in [0.25, 0.3) is 5.91 Å². The quantitative estimate of drug-likeness (QED) is 0.598. The molecule has 1 aliphatic heterocycles. The lowest BCUT2D eigenvalue weighted by Crippen LogP contribution is -2.37. The molecule has 1 aromatic heterocycles. The fourth-order valence-electron chi connectivity index (χ4n) is 4.00. The van der Waals surface area contributed by atoms with Crippen molar-refractivity contribution in [3.8, 4) is 11.4 Å². The first-order valence-electron chi connectivity index (χ1n) is 10.9. The number of likely N-dealkylation sites (tertiary alicyclic amines) is 1. The maximum absolute atomic E-state index is 15.0. The number of rotatable bonds is 6. The standard InChI is InChI=1S/C24H27ClFN5O/c1-30(2)23-19-15-17(25)7-9-21(19)28-22(29-23)18-8-6-16(14-20(18)26)24(32)27-10-13-31-11-4-3-5-12-31/h6-9,14-15H,3-5,10-13H2,1-2H3,(H,27,32). The molecule has 0 unspecified atom stereocenters. The summed E-state index contributed by atoms with van der Waals surface area (Å²) in [5.41, 5.74) is 1.20. The van der Waals surface area contributed by atoms with E-state index in [2.05, 4.69) is 20.2 Å². The maximum Gasteiger partial charge on any atom is 0.251 e. The number of benzene rings is 2. The summed E-state index contributed by atoms with van der Waals surface area (Å²) in [4.78, 5) is 25.8. The van der Waals surface area contributed by atoms with Gasteiger partial charge in [0.2, 0.25) is 0 Å². The molecule has 0 bridgehead atoms. The van der Waals surface area contributed by atoms with Crippen LogP contribution < -0.4 is 10.2 Å². The van der Waals surface area contributed by atoms with Crippen LogP contribution in [0.3, 0.4) is 0 Å². The lowest BCUT2D eigenvalue weighted by atomic mass is 10.1. The largest absolute Gasteiger partial charge is 0.362 e. The van der Waals surface area contributed by atoms with Crippen molar-refractivity contribution in [3.05, 3.63) is 52.8 Å². The highest BCUT2D eigenvalue weighted by molar-refractivity contribution is 6.31. The molecule has 2 heterocycles. The first-order chi connectivity index (χ1) is 15.4. The second kappa shape index (κ2) is 9.79. The predicted molar refractivity (Wildman–Crippen MR) is 127 cm³/mol. The van der Waals surface area contributed by atoms with Crippen LogP contribution in [0.15, 0.2) is 36.4 Å². The number of halogens is 2. The van der Waals surface area contributed by atoms with Gasteiger partial charge in [-0.05, 0) is 62.3 Å². The number of nitrogens with one attached hydrogen (secondary N) is 1. The molecular formula is C24H27ClFN5O. The fraction of sp³-hybridized carbons (Fsp3) is 0.375. The number of carbonyl (C=O) groups excluding carboxylic acids is 1. The van der Waals surface area contributed by atoms with Crippen LogP contribution in [0.4, 0.5) is 10.2 Å². The summed E-state index contributed by atoms with van der Waals surface area (Å²) in [7, 11) is 3.72. The summed E-state index contributed by atoms with van der Waals surface area (Å²) in [6.07, 6.45) is 3.69. The lowest BCUT2D eigenvalue weighted by molar-refractivity contribution is 0.0946. The van der Waals surface area contributed by atoms with Crippen LogP contribution in [0, 0.1) is 5.82 Å². The van der Waals surface area contributed by atoms with E-state index in [1.807, 2.05) is 19.0 Å². The van der Waals surface area contributed by atoms with Gasteiger partial charge in [-0.3, -0.25) is 4.79 Å². The molecule has 1 aliphatic rings. The van der Waals surface area contributed by atoms with E-state index >= 15 is 4.39 Å². The van der Waals surface area contributed by atoms with Crippen molar-refractivity contribution in [1.82, 2.24) is 20.2 Å². The van der Waals surface area contributed by atoms with Crippen molar-refractivity contribution in [3.63, 3.8) is 0 Å². The number of anilines is 1. The van der Waals surface area contributed by atoms with Crippen molar-refractivity contribution < 1.29 is 9.18 Å². The van der Waals surface area contributed by atoms with Crippen molar-refractivity contribution in [2.45, 2.75) is 19.3 Å². The minimum atomic E-state index is -0.535. The molecule has 1 amide bonds. The molecule has 6 nitrogen and oxygen atoms in total. The summed E-state index contributed by atoms with van der Waals surface area (Å²) in [6.45, 7) is 3.51. The van der Waals surface area contributed by atoms with Crippen molar-refractivity contribution in [2.75, 3.05) is 45.2 Å². The zero-order chi connectivity index (χ0) is 22.7. The van der Waals surface area contributed by atoms with Gasteiger partial charge < -0.3 is 15.1 Å². The number of fused-ring (bicyclic) bond motifs is 1. The lowest BCUT2D eigenvalue weighted by Gasteiger charge is -2.26. The van der Waals surface area contributed by atoms with Gasteiger partial charge in [-0.1, -0.05) is 18.0 Å². The average Bonchev–Trinajstić information content (AvgIpc) is 2.79. The summed E-state index contributed by atoms with van der Waals surface area (Å²) >= 11 is 6.13. The topological polar surface area (TPSA) is 61.4 Å².